The summed E-state index contributed by atoms with van der Waals surface area (Å²) in [4.78, 5) is 22.3. The van der Waals surface area contributed by atoms with Gasteiger partial charge in [0.1, 0.15) is 0 Å². The van der Waals surface area contributed by atoms with Crippen LogP contribution in [0, 0.1) is 0 Å². The number of carboxylic acids is 2. The third-order valence-corrected chi connectivity index (χ3v) is 4.79. The van der Waals surface area contributed by atoms with Crippen LogP contribution in [0.2, 0.25) is 0 Å². The maximum Gasteiger partial charge on any atom is 0.335 e. The van der Waals surface area contributed by atoms with Gasteiger partial charge in [-0.1, -0.05) is 32.0 Å². The molecule has 0 atom stereocenters. The zero-order valence-electron chi connectivity index (χ0n) is 16.4. The molecule has 0 aliphatic rings. The van der Waals surface area contributed by atoms with Gasteiger partial charge < -0.3 is 20.8 Å². The van der Waals surface area contributed by atoms with Gasteiger partial charge in [-0.3, -0.25) is 0 Å². The van der Waals surface area contributed by atoms with Crippen LogP contribution >= 0.6 is 0 Å². The Labute approximate surface area is 165 Å². The number of nitrogens with one attached hydrogen (secondary N) is 2. The smallest absolute Gasteiger partial charge is 0.335 e. The van der Waals surface area contributed by atoms with Crippen molar-refractivity contribution in [1.29, 1.82) is 0 Å². The van der Waals surface area contributed by atoms with Gasteiger partial charge in [-0.15, -0.1) is 0 Å². The van der Waals surface area contributed by atoms with Crippen molar-refractivity contribution < 1.29 is 19.8 Å². The monoisotopic (exact) mass is 384 g/mol. The van der Waals surface area contributed by atoms with E-state index < -0.39 is 11.9 Å². The zero-order valence-corrected chi connectivity index (χ0v) is 16.4. The third-order valence-electron chi connectivity index (χ3n) is 4.79. The fourth-order valence-electron chi connectivity index (χ4n) is 3.35. The Bertz CT molecular complexity index is 816. The minimum atomic E-state index is -0.919. The van der Waals surface area contributed by atoms with Crippen LogP contribution in [0.1, 0.15) is 56.8 Å². The van der Waals surface area contributed by atoms with Gasteiger partial charge in [0.15, 0.2) is 0 Å². The number of aromatic carboxylic acids is 2. The summed E-state index contributed by atoms with van der Waals surface area (Å²) < 4.78 is 0. The van der Waals surface area contributed by atoms with E-state index in [9.17, 15) is 14.7 Å². The minimum Gasteiger partial charge on any atom is -0.478 e. The number of hydrogen-bond acceptors (Lipinski definition) is 4. The average Bonchev–Trinajstić information content (AvgIpc) is 2.69. The Morgan fingerprint density at radius 3 is 1.93 bits per heavy atom. The summed E-state index contributed by atoms with van der Waals surface area (Å²) >= 11 is 0. The zero-order chi connectivity index (χ0) is 20.5. The molecule has 0 saturated heterocycles. The summed E-state index contributed by atoms with van der Waals surface area (Å²) in [5.74, 6) is -1.79. The second-order valence-corrected chi connectivity index (χ2v) is 6.60. The summed E-state index contributed by atoms with van der Waals surface area (Å²) in [6, 6.07) is 10.5. The van der Waals surface area contributed by atoms with Crippen LogP contribution in [-0.4, -0.2) is 35.2 Å². The van der Waals surface area contributed by atoms with Crippen LogP contribution in [-0.2, 0) is 25.9 Å². The maximum atomic E-state index is 11.4. The first-order valence-electron chi connectivity index (χ1n) is 9.58. The van der Waals surface area contributed by atoms with Crippen molar-refractivity contribution in [2.45, 2.75) is 39.8 Å². The molecule has 0 aromatic heterocycles. The van der Waals surface area contributed by atoms with Crippen LogP contribution in [0.5, 0.6) is 0 Å². The first-order chi connectivity index (χ1) is 13.5. The number of hydrogen-bond donors (Lipinski definition) is 4. The molecule has 2 aromatic carbocycles. The highest BCUT2D eigenvalue weighted by atomic mass is 16.4. The molecule has 0 bridgehead atoms. The Hall–Kier alpha value is -2.70. The lowest BCUT2D eigenvalue weighted by molar-refractivity contribution is 0.0685. The van der Waals surface area contributed by atoms with E-state index in [0.29, 0.717) is 25.1 Å². The molecule has 2 rings (SSSR count). The molecule has 0 aliphatic heterocycles. The van der Waals surface area contributed by atoms with Crippen LogP contribution in [0.3, 0.4) is 0 Å². The van der Waals surface area contributed by atoms with E-state index in [-0.39, 0.29) is 5.56 Å². The topological polar surface area (TPSA) is 98.7 Å². The Morgan fingerprint density at radius 1 is 0.786 bits per heavy atom. The molecule has 0 spiro atoms. The minimum absolute atomic E-state index is 0.289. The predicted molar refractivity (Wildman–Crippen MR) is 109 cm³/mol. The lowest BCUT2D eigenvalue weighted by atomic mass is 9.92. The van der Waals surface area contributed by atoms with Gasteiger partial charge in [-0.25, -0.2) is 9.59 Å². The Balaban J connectivity index is 1.82. The normalized spacial score (nSPS) is 10.8. The average molecular weight is 384 g/mol. The number of rotatable bonds is 11. The van der Waals surface area contributed by atoms with Gasteiger partial charge in [-0.05, 0) is 53.3 Å². The second-order valence-electron chi connectivity index (χ2n) is 6.60. The maximum absolute atomic E-state index is 11.4. The fraction of sp³-hybridized carbons (Fsp3) is 0.364. The molecular weight excluding hydrogens is 356 g/mol. The largest absolute Gasteiger partial charge is 0.478 e. The molecule has 6 heteroatoms. The van der Waals surface area contributed by atoms with Crippen LogP contribution in [0.4, 0.5) is 0 Å². The van der Waals surface area contributed by atoms with E-state index in [1.165, 1.54) is 0 Å². The molecule has 0 amide bonds. The van der Waals surface area contributed by atoms with Crippen molar-refractivity contribution in [3.05, 3.63) is 69.8 Å². The fourth-order valence-corrected chi connectivity index (χ4v) is 3.35. The highest BCUT2D eigenvalue weighted by Crippen LogP contribution is 2.21. The molecular formula is C22H28N2O4. The van der Waals surface area contributed by atoms with Gasteiger partial charge in [0.25, 0.3) is 0 Å². The van der Waals surface area contributed by atoms with Crippen molar-refractivity contribution >= 4 is 11.9 Å². The summed E-state index contributed by atoms with van der Waals surface area (Å²) in [6.45, 7) is 6.97. The molecule has 0 aliphatic carbocycles. The summed E-state index contributed by atoms with van der Waals surface area (Å²) in [5.41, 5.74) is 4.93. The number of benzene rings is 2. The highest BCUT2D eigenvalue weighted by Gasteiger charge is 2.15. The van der Waals surface area contributed by atoms with Crippen LogP contribution < -0.4 is 10.6 Å². The molecule has 0 fully saturated rings. The van der Waals surface area contributed by atoms with Gasteiger partial charge >= 0.3 is 11.9 Å². The molecule has 150 valence electrons. The van der Waals surface area contributed by atoms with E-state index in [1.807, 2.05) is 25.1 Å². The summed E-state index contributed by atoms with van der Waals surface area (Å²) in [7, 11) is 0. The highest BCUT2D eigenvalue weighted by molar-refractivity contribution is 5.90. The Morgan fingerprint density at radius 2 is 1.39 bits per heavy atom. The third kappa shape index (κ3) is 5.65. The van der Waals surface area contributed by atoms with Crippen molar-refractivity contribution in [1.82, 2.24) is 10.6 Å². The first-order valence-corrected chi connectivity index (χ1v) is 9.58. The predicted octanol–water partition coefficient (Wildman–Crippen LogP) is 3.09. The molecule has 0 heterocycles. The SMILES string of the molecule is CCc1c(CNCCNCc2ccc(C(=O)O)cc2)ccc(C(=O)O)c1CC. The lowest BCUT2D eigenvalue weighted by Gasteiger charge is -2.16. The number of carboxylic acid groups (broad SMARTS) is 2. The van der Waals surface area contributed by atoms with Crippen molar-refractivity contribution in [3.8, 4) is 0 Å². The van der Waals surface area contributed by atoms with Crippen molar-refractivity contribution in [2.24, 2.45) is 0 Å². The standard InChI is InChI=1S/C22H28N2O4/c1-3-18-17(9-10-20(22(27)28)19(18)4-2)14-24-12-11-23-13-15-5-7-16(8-6-15)21(25)26/h5-10,23-24H,3-4,11-14H2,1-2H3,(H,25,26)(H,27,28). The van der Waals surface area contributed by atoms with E-state index in [2.05, 4.69) is 17.6 Å². The molecule has 0 unspecified atom stereocenters. The van der Waals surface area contributed by atoms with Crippen LogP contribution in [0.15, 0.2) is 36.4 Å². The molecule has 0 saturated carbocycles. The van der Waals surface area contributed by atoms with E-state index in [1.54, 1.807) is 18.2 Å². The molecule has 2 aromatic rings. The summed E-state index contributed by atoms with van der Waals surface area (Å²) in [5, 5.41) is 25.0. The number of carbonyl (C=O) groups is 2. The molecule has 4 N–H and O–H groups in total. The van der Waals surface area contributed by atoms with E-state index in [0.717, 1.165) is 41.8 Å². The van der Waals surface area contributed by atoms with Crippen molar-refractivity contribution in [2.75, 3.05) is 13.1 Å². The molecule has 0 radical (unpaired) electrons. The first kappa shape index (κ1) is 21.6. The summed E-state index contributed by atoms with van der Waals surface area (Å²) in [6.07, 6.45) is 1.52. The molecule has 6 nitrogen and oxygen atoms in total. The second kappa shape index (κ2) is 10.6. The van der Waals surface area contributed by atoms with Crippen LogP contribution in [0.25, 0.3) is 0 Å². The Kier molecular flexibility index (Phi) is 8.17. The van der Waals surface area contributed by atoms with Gasteiger partial charge in [0.2, 0.25) is 0 Å². The van der Waals surface area contributed by atoms with Gasteiger partial charge in [-0.2, -0.15) is 0 Å². The van der Waals surface area contributed by atoms with Crippen molar-refractivity contribution in [3.63, 3.8) is 0 Å². The van der Waals surface area contributed by atoms with Gasteiger partial charge in [0.05, 0.1) is 11.1 Å². The van der Waals surface area contributed by atoms with Gasteiger partial charge in [0, 0.05) is 26.2 Å². The lowest BCUT2D eigenvalue weighted by Crippen LogP contribution is -2.27. The van der Waals surface area contributed by atoms with E-state index in [4.69, 9.17) is 5.11 Å². The van der Waals surface area contributed by atoms with E-state index >= 15 is 0 Å². The quantitative estimate of drug-likeness (QED) is 0.445. The molecule has 28 heavy (non-hydrogen) atoms.